The van der Waals surface area contributed by atoms with Crippen LogP contribution in [0.5, 0.6) is 5.88 Å². The Morgan fingerprint density at radius 1 is 1.40 bits per heavy atom. The standard InChI is InChI=1S/C15H13ClF3N3O3/c16-11-8(13(23)24)1-2-10(21-11)9-7-20-22-12(9)25-6-5-14(3-4-14)15(17,18)19/h1-2,7H,3-6H2,(H,20,22)(H,23,24). The van der Waals surface area contributed by atoms with Crippen LogP contribution in [0.3, 0.4) is 0 Å². The summed E-state index contributed by atoms with van der Waals surface area (Å²) in [5.41, 5.74) is -1.11. The highest BCUT2D eigenvalue weighted by molar-refractivity contribution is 6.32. The molecule has 1 aliphatic carbocycles. The zero-order valence-electron chi connectivity index (χ0n) is 12.7. The van der Waals surface area contributed by atoms with Gasteiger partial charge >= 0.3 is 12.1 Å². The van der Waals surface area contributed by atoms with Gasteiger partial charge in [-0.3, -0.25) is 0 Å². The number of aromatic amines is 1. The molecule has 0 atom stereocenters. The first kappa shape index (κ1) is 17.5. The van der Waals surface area contributed by atoms with Crippen molar-refractivity contribution in [1.29, 1.82) is 0 Å². The van der Waals surface area contributed by atoms with E-state index in [1.807, 2.05) is 0 Å². The predicted molar refractivity (Wildman–Crippen MR) is 81.6 cm³/mol. The van der Waals surface area contributed by atoms with Crippen molar-refractivity contribution in [1.82, 2.24) is 15.2 Å². The topological polar surface area (TPSA) is 88.1 Å². The molecule has 3 rings (SSSR count). The molecule has 2 aromatic rings. The summed E-state index contributed by atoms with van der Waals surface area (Å²) >= 11 is 5.83. The molecule has 0 radical (unpaired) electrons. The molecule has 10 heteroatoms. The molecular weight excluding hydrogens is 363 g/mol. The number of carbonyl (C=O) groups is 1. The third-order valence-corrected chi connectivity index (χ3v) is 4.53. The van der Waals surface area contributed by atoms with Crippen molar-refractivity contribution in [2.45, 2.75) is 25.4 Å². The minimum atomic E-state index is -4.23. The van der Waals surface area contributed by atoms with E-state index >= 15 is 0 Å². The molecule has 1 fully saturated rings. The van der Waals surface area contributed by atoms with Crippen LogP contribution < -0.4 is 4.74 Å². The van der Waals surface area contributed by atoms with Gasteiger partial charge in [0.1, 0.15) is 5.15 Å². The second kappa shape index (κ2) is 6.21. The number of rotatable bonds is 6. The maximum absolute atomic E-state index is 12.9. The number of halogens is 4. The Labute approximate surface area is 145 Å². The van der Waals surface area contributed by atoms with Gasteiger partial charge in [0, 0.05) is 0 Å². The van der Waals surface area contributed by atoms with Crippen LogP contribution in [0.15, 0.2) is 18.3 Å². The number of alkyl halides is 3. The van der Waals surface area contributed by atoms with E-state index in [9.17, 15) is 18.0 Å². The number of nitrogens with zero attached hydrogens (tertiary/aromatic N) is 2. The van der Waals surface area contributed by atoms with Gasteiger partial charge in [-0.2, -0.15) is 18.3 Å². The predicted octanol–water partition coefficient (Wildman–Crippen LogP) is 3.93. The molecule has 0 bridgehead atoms. The number of H-pyrrole nitrogens is 1. The summed E-state index contributed by atoms with van der Waals surface area (Å²) in [5, 5.41) is 15.1. The number of aromatic nitrogens is 3. The molecule has 25 heavy (non-hydrogen) atoms. The Morgan fingerprint density at radius 3 is 2.68 bits per heavy atom. The third-order valence-electron chi connectivity index (χ3n) is 4.24. The van der Waals surface area contributed by atoms with E-state index < -0.39 is 17.6 Å². The second-order valence-electron chi connectivity index (χ2n) is 5.83. The SMILES string of the molecule is O=C(O)c1ccc(-c2cn[nH]c2OCCC2(C(F)(F)F)CC2)nc1Cl. The van der Waals surface area contributed by atoms with E-state index in [4.69, 9.17) is 21.4 Å². The van der Waals surface area contributed by atoms with Crippen molar-refractivity contribution in [3.8, 4) is 17.1 Å². The van der Waals surface area contributed by atoms with Gasteiger partial charge in [0.2, 0.25) is 5.88 Å². The van der Waals surface area contributed by atoms with Crippen molar-refractivity contribution >= 4 is 17.6 Å². The molecular formula is C15H13ClF3N3O3. The molecule has 6 nitrogen and oxygen atoms in total. The Hall–Kier alpha value is -2.29. The van der Waals surface area contributed by atoms with E-state index in [1.54, 1.807) is 0 Å². The maximum atomic E-state index is 12.9. The van der Waals surface area contributed by atoms with Gasteiger partial charge in [-0.1, -0.05) is 11.6 Å². The Bertz CT molecular complexity index is 803. The molecule has 0 aromatic carbocycles. The summed E-state index contributed by atoms with van der Waals surface area (Å²) in [4.78, 5) is 14.9. The summed E-state index contributed by atoms with van der Waals surface area (Å²) in [5.74, 6) is -1.06. The molecule has 2 aromatic heterocycles. The van der Waals surface area contributed by atoms with Crippen LogP contribution in [-0.4, -0.2) is 39.0 Å². The van der Waals surface area contributed by atoms with E-state index in [-0.39, 0.29) is 42.5 Å². The third kappa shape index (κ3) is 3.41. The summed E-state index contributed by atoms with van der Waals surface area (Å²) < 4.78 is 44.1. The highest BCUT2D eigenvalue weighted by Gasteiger charge is 2.62. The maximum Gasteiger partial charge on any atom is 0.394 e. The number of nitrogens with one attached hydrogen (secondary N) is 1. The number of hydrogen-bond acceptors (Lipinski definition) is 4. The minimum absolute atomic E-state index is 0.115. The molecule has 0 saturated heterocycles. The Kier molecular flexibility index (Phi) is 4.36. The number of carboxylic acids is 1. The molecule has 0 amide bonds. The van der Waals surface area contributed by atoms with Gasteiger partial charge in [-0.15, -0.1) is 0 Å². The lowest BCUT2D eigenvalue weighted by atomic mass is 10.0. The summed E-state index contributed by atoms with van der Waals surface area (Å²) in [6.07, 6.45) is -2.76. The normalized spacial score (nSPS) is 15.8. The monoisotopic (exact) mass is 375 g/mol. The van der Waals surface area contributed by atoms with Gasteiger partial charge in [0.15, 0.2) is 0 Å². The molecule has 2 heterocycles. The summed E-state index contributed by atoms with van der Waals surface area (Å²) in [6.45, 7) is -0.129. The lowest BCUT2D eigenvalue weighted by molar-refractivity contribution is -0.190. The van der Waals surface area contributed by atoms with E-state index in [0.29, 0.717) is 11.3 Å². The van der Waals surface area contributed by atoms with Gasteiger partial charge < -0.3 is 9.84 Å². The van der Waals surface area contributed by atoms with Crippen molar-refractivity contribution in [3.05, 3.63) is 29.0 Å². The largest absolute Gasteiger partial charge is 0.478 e. The first-order valence-electron chi connectivity index (χ1n) is 7.37. The van der Waals surface area contributed by atoms with Gasteiger partial charge in [-0.05, 0) is 31.4 Å². The molecule has 134 valence electrons. The Morgan fingerprint density at radius 2 is 2.12 bits per heavy atom. The average molecular weight is 376 g/mol. The van der Waals surface area contributed by atoms with Crippen LogP contribution in [0.25, 0.3) is 11.3 Å². The first-order valence-corrected chi connectivity index (χ1v) is 7.74. The van der Waals surface area contributed by atoms with Gasteiger partial charge in [0.25, 0.3) is 0 Å². The average Bonchev–Trinajstić information content (AvgIpc) is 3.18. The first-order chi connectivity index (χ1) is 11.7. The van der Waals surface area contributed by atoms with Crippen LogP contribution in [-0.2, 0) is 0 Å². The van der Waals surface area contributed by atoms with Gasteiger partial charge in [0.05, 0.1) is 35.0 Å². The van der Waals surface area contributed by atoms with Crippen LogP contribution in [0.2, 0.25) is 5.15 Å². The van der Waals surface area contributed by atoms with Crippen molar-refractivity contribution in [2.75, 3.05) is 6.61 Å². The van der Waals surface area contributed by atoms with E-state index in [1.165, 1.54) is 18.3 Å². The van der Waals surface area contributed by atoms with E-state index in [2.05, 4.69) is 15.2 Å². The lowest BCUT2D eigenvalue weighted by Gasteiger charge is -2.18. The van der Waals surface area contributed by atoms with Crippen LogP contribution >= 0.6 is 11.6 Å². The van der Waals surface area contributed by atoms with E-state index in [0.717, 1.165) is 0 Å². The fourth-order valence-corrected chi connectivity index (χ4v) is 2.72. The number of hydrogen-bond donors (Lipinski definition) is 2. The number of aromatic carboxylic acids is 1. The van der Waals surface area contributed by atoms with Crippen molar-refractivity contribution in [3.63, 3.8) is 0 Å². The zero-order valence-corrected chi connectivity index (χ0v) is 13.5. The van der Waals surface area contributed by atoms with Crippen LogP contribution in [0.1, 0.15) is 29.6 Å². The fraction of sp³-hybridized carbons (Fsp3) is 0.400. The highest BCUT2D eigenvalue weighted by Crippen LogP contribution is 2.59. The molecule has 0 spiro atoms. The summed E-state index contributed by atoms with van der Waals surface area (Å²) in [7, 11) is 0. The lowest BCUT2D eigenvalue weighted by Crippen LogP contribution is -2.26. The zero-order chi connectivity index (χ0) is 18.2. The van der Waals surface area contributed by atoms with Crippen LogP contribution in [0, 0.1) is 5.41 Å². The number of ether oxygens (including phenoxy) is 1. The van der Waals surface area contributed by atoms with Crippen LogP contribution in [0.4, 0.5) is 13.2 Å². The number of carboxylic acid groups (broad SMARTS) is 1. The Balaban J connectivity index is 1.71. The highest BCUT2D eigenvalue weighted by atomic mass is 35.5. The number of pyridine rings is 1. The fourth-order valence-electron chi connectivity index (χ4n) is 2.49. The molecule has 0 unspecified atom stereocenters. The quantitative estimate of drug-likeness (QED) is 0.747. The molecule has 0 aliphatic heterocycles. The molecule has 2 N–H and O–H groups in total. The smallest absolute Gasteiger partial charge is 0.394 e. The molecule has 1 saturated carbocycles. The van der Waals surface area contributed by atoms with Crippen molar-refractivity contribution in [2.24, 2.45) is 5.41 Å². The summed E-state index contributed by atoms with van der Waals surface area (Å²) in [6, 6.07) is 2.71. The second-order valence-corrected chi connectivity index (χ2v) is 6.19. The molecule has 1 aliphatic rings. The minimum Gasteiger partial charge on any atom is -0.478 e. The van der Waals surface area contributed by atoms with Gasteiger partial charge in [-0.25, -0.2) is 14.9 Å². The van der Waals surface area contributed by atoms with Crippen molar-refractivity contribution < 1.29 is 27.8 Å².